The zero-order valence-corrected chi connectivity index (χ0v) is 5.41. The maximum absolute atomic E-state index is 8.56. The monoisotopic (exact) mass is 354 g/mol. The average Bonchev–Trinajstić information content (AvgIpc) is 1.54. The third kappa shape index (κ3) is 521. The molecule has 0 atom stereocenters. The van der Waals surface area contributed by atoms with Crippen LogP contribution in [0.25, 0.3) is 0 Å². The molecule has 9 nitrogen and oxygen atoms in total. The first-order valence-electron chi connectivity index (χ1n) is 1.95. The van der Waals surface area contributed by atoms with Crippen LogP contribution in [0.4, 0.5) is 14.4 Å². The van der Waals surface area contributed by atoms with Gasteiger partial charge in [-0.25, -0.2) is 14.4 Å². The zero-order chi connectivity index (χ0) is 10.7. The first-order valence-corrected chi connectivity index (χ1v) is 1.95. The average molecular weight is 354 g/mol. The molecule has 0 aliphatic rings. The molecule has 0 aromatic heterocycles. The molecule has 0 heterocycles. The van der Waals surface area contributed by atoms with Crippen molar-refractivity contribution in [3.05, 3.63) is 0 Å². The molecule has 0 unspecified atom stereocenters. The maximum atomic E-state index is 8.56. The van der Waals surface area contributed by atoms with E-state index in [-0.39, 0.29) is 151 Å². The number of rotatable bonds is 0. The second-order valence-electron chi connectivity index (χ2n) is 0.848. The van der Waals surface area contributed by atoms with Gasteiger partial charge in [0.05, 0.1) is 0 Å². The molecule has 0 fully saturated rings. The predicted molar refractivity (Wildman–Crippen MR) is 66.1 cm³/mol. The molecule has 0 saturated carbocycles. The van der Waals surface area contributed by atoms with Crippen LogP contribution in [0.5, 0.6) is 0 Å². The summed E-state index contributed by atoms with van der Waals surface area (Å²) in [5.74, 6) is 0. The molecule has 0 spiro atoms. The first-order chi connectivity index (χ1) is 5.20. The Bertz CT molecular complexity index is 120. The molecular weight excluding hydrogens is 340 g/mol. The summed E-state index contributed by atoms with van der Waals surface area (Å²) in [7, 11) is 0. The summed E-state index contributed by atoms with van der Waals surface area (Å²) in [6.07, 6.45) is -5.50. The molecule has 0 rings (SSSR count). The number of hydrogen-bond donors (Lipinski definition) is 6. The summed E-state index contributed by atoms with van der Waals surface area (Å²) in [6, 6.07) is 0. The van der Waals surface area contributed by atoms with Crippen molar-refractivity contribution in [3.63, 3.8) is 0 Å². The number of carbonyl (C=O) groups is 3. The predicted octanol–water partition coefficient (Wildman–Crippen LogP) is -3.00. The van der Waals surface area contributed by atoms with E-state index in [4.69, 9.17) is 45.0 Å². The minimum absolute atomic E-state index is 0. The molecule has 0 aliphatic heterocycles. The molecule has 0 amide bonds. The SMILES string of the molecule is O=C(O)O.O=C(O)O.O=C(O)O.[CaH2].[CaH2].[CaH2].[CaH2]. The summed E-state index contributed by atoms with van der Waals surface area (Å²) >= 11 is 0. The van der Waals surface area contributed by atoms with E-state index in [0.717, 1.165) is 0 Å². The quantitative estimate of drug-likeness (QED) is 0.248. The van der Waals surface area contributed by atoms with Crippen molar-refractivity contribution in [2.45, 2.75) is 0 Å². The molecule has 0 aliphatic carbocycles. The number of hydrogen-bond acceptors (Lipinski definition) is 3. The van der Waals surface area contributed by atoms with Gasteiger partial charge in [0, 0.05) is 0 Å². The van der Waals surface area contributed by atoms with Crippen LogP contribution in [0.3, 0.4) is 0 Å². The van der Waals surface area contributed by atoms with Crippen LogP contribution in [0.15, 0.2) is 0 Å². The topological polar surface area (TPSA) is 173 Å². The first kappa shape index (κ1) is 42.8. The summed E-state index contributed by atoms with van der Waals surface area (Å²) in [6.45, 7) is 0. The molecule has 0 radical (unpaired) electrons. The van der Waals surface area contributed by atoms with E-state index in [9.17, 15) is 0 Å². The Hall–Kier alpha value is 2.85. The van der Waals surface area contributed by atoms with Crippen molar-refractivity contribution in [2.75, 3.05) is 0 Å². The summed E-state index contributed by atoms with van der Waals surface area (Å²) < 4.78 is 0. The molecule has 0 aromatic carbocycles. The van der Waals surface area contributed by atoms with Crippen LogP contribution in [-0.2, 0) is 0 Å². The minimum atomic E-state index is -1.83. The van der Waals surface area contributed by atoms with Gasteiger partial charge in [-0.15, -0.1) is 0 Å². The third-order valence-electron chi connectivity index (χ3n) is 0. The van der Waals surface area contributed by atoms with Gasteiger partial charge in [0.2, 0.25) is 0 Å². The molecule has 0 aromatic rings. The molecular formula is C3H14Ca4O9. The molecule has 13 heteroatoms. The van der Waals surface area contributed by atoms with Gasteiger partial charge >= 0.3 is 169 Å². The van der Waals surface area contributed by atoms with Gasteiger partial charge in [0.1, 0.15) is 0 Å². The second-order valence-corrected chi connectivity index (χ2v) is 0.848. The van der Waals surface area contributed by atoms with Gasteiger partial charge in [-0.3, -0.25) is 0 Å². The van der Waals surface area contributed by atoms with Crippen LogP contribution in [0.2, 0.25) is 0 Å². The van der Waals surface area contributed by atoms with E-state index in [0.29, 0.717) is 0 Å². The summed E-state index contributed by atoms with van der Waals surface area (Å²) in [4.78, 5) is 25.7. The van der Waals surface area contributed by atoms with Gasteiger partial charge < -0.3 is 30.6 Å². The van der Waals surface area contributed by atoms with Gasteiger partial charge in [-0.05, 0) is 0 Å². The van der Waals surface area contributed by atoms with Crippen molar-refractivity contribution in [1.82, 2.24) is 0 Å². The van der Waals surface area contributed by atoms with Gasteiger partial charge in [0.25, 0.3) is 0 Å². The van der Waals surface area contributed by atoms with Crippen molar-refractivity contribution < 1.29 is 45.0 Å². The van der Waals surface area contributed by atoms with E-state index >= 15 is 0 Å². The number of carboxylic acid groups (broad SMARTS) is 6. The van der Waals surface area contributed by atoms with Crippen molar-refractivity contribution >= 4 is 169 Å². The molecule has 16 heavy (non-hydrogen) atoms. The Morgan fingerprint density at radius 2 is 0.438 bits per heavy atom. The van der Waals surface area contributed by atoms with Crippen LogP contribution >= 0.6 is 0 Å². The van der Waals surface area contributed by atoms with Crippen molar-refractivity contribution in [3.8, 4) is 0 Å². The standard InChI is InChI=1S/3CH2O3.4Ca.8H/c3*2-1(3)4;;;;;;;;;;;;/h3*(H2,2,3,4);;;;;;;;;;;;. The Balaban J connectivity index is -0.0000000135. The van der Waals surface area contributed by atoms with E-state index in [1.807, 2.05) is 0 Å². The second kappa shape index (κ2) is 36.1. The van der Waals surface area contributed by atoms with Crippen molar-refractivity contribution in [1.29, 1.82) is 0 Å². The summed E-state index contributed by atoms with van der Waals surface area (Å²) in [5, 5.41) is 41.8. The Labute approximate surface area is 209 Å². The van der Waals surface area contributed by atoms with Crippen LogP contribution in [0.1, 0.15) is 0 Å². The van der Waals surface area contributed by atoms with Crippen LogP contribution in [0, 0.1) is 0 Å². The van der Waals surface area contributed by atoms with E-state index in [1.165, 1.54) is 0 Å². The Kier molecular flexibility index (Phi) is 96.5. The molecule has 0 saturated heterocycles. The van der Waals surface area contributed by atoms with Crippen LogP contribution in [-0.4, -0.2) is 200 Å². The van der Waals surface area contributed by atoms with E-state index < -0.39 is 18.5 Å². The fraction of sp³-hybridized carbons (Fsp3) is 0. The van der Waals surface area contributed by atoms with E-state index in [2.05, 4.69) is 0 Å². The van der Waals surface area contributed by atoms with Gasteiger partial charge in [-0.2, -0.15) is 0 Å². The molecule has 6 N–H and O–H groups in total. The van der Waals surface area contributed by atoms with Crippen LogP contribution < -0.4 is 0 Å². The molecule has 88 valence electrons. The Morgan fingerprint density at radius 3 is 0.438 bits per heavy atom. The molecule has 0 bridgehead atoms. The fourth-order valence-electron chi connectivity index (χ4n) is 0. The normalized spacial score (nSPS) is 4.50. The van der Waals surface area contributed by atoms with E-state index in [1.54, 1.807) is 0 Å². The zero-order valence-electron chi connectivity index (χ0n) is 5.41. The Morgan fingerprint density at radius 1 is 0.438 bits per heavy atom. The third-order valence-corrected chi connectivity index (χ3v) is 0. The fourth-order valence-corrected chi connectivity index (χ4v) is 0. The van der Waals surface area contributed by atoms with Gasteiger partial charge in [0.15, 0.2) is 0 Å². The summed E-state index contributed by atoms with van der Waals surface area (Å²) in [5.41, 5.74) is 0. The van der Waals surface area contributed by atoms with Gasteiger partial charge in [-0.1, -0.05) is 0 Å². The van der Waals surface area contributed by atoms with Crippen molar-refractivity contribution in [2.24, 2.45) is 0 Å².